The van der Waals surface area contributed by atoms with Crippen LogP contribution in [0.15, 0.2) is 40.8 Å². The molecule has 2 saturated heterocycles. The Morgan fingerprint density at radius 3 is 2.78 bits per heavy atom. The van der Waals surface area contributed by atoms with Gasteiger partial charge < -0.3 is 20.7 Å². The third-order valence-corrected chi connectivity index (χ3v) is 6.28. The number of aliphatic imine (C=N–C) groups is 1. The fourth-order valence-electron chi connectivity index (χ4n) is 4.32. The molecule has 4 aliphatic heterocycles. The van der Waals surface area contributed by atoms with E-state index in [4.69, 9.17) is 22.1 Å². The molecular weight excluding hydrogens is 439 g/mol. The van der Waals surface area contributed by atoms with E-state index < -0.39 is 17.4 Å². The lowest BCUT2D eigenvalue weighted by molar-refractivity contribution is -0.113. The van der Waals surface area contributed by atoms with Crippen molar-refractivity contribution < 1.29 is 13.9 Å². The van der Waals surface area contributed by atoms with Crippen LogP contribution in [-0.2, 0) is 9.53 Å². The normalized spacial score (nSPS) is 26.2. The minimum absolute atomic E-state index is 0.179. The number of nitrogens with two attached hydrogens (primary N) is 1. The molecule has 0 aliphatic carbocycles. The minimum atomic E-state index is -1.25. The lowest BCUT2D eigenvalue weighted by atomic mass is 10.0. The van der Waals surface area contributed by atoms with E-state index in [1.807, 2.05) is 0 Å². The zero-order valence-electron chi connectivity index (χ0n) is 17.5. The van der Waals surface area contributed by atoms with Gasteiger partial charge in [-0.25, -0.2) is 14.8 Å². The number of hydrogen-bond acceptors (Lipinski definition) is 9. The van der Waals surface area contributed by atoms with Crippen LogP contribution in [0.3, 0.4) is 0 Å². The summed E-state index contributed by atoms with van der Waals surface area (Å²) in [6.45, 7) is 6.45. The summed E-state index contributed by atoms with van der Waals surface area (Å²) in [5.74, 6) is -0.780. The molecule has 0 spiro atoms. The van der Waals surface area contributed by atoms with Crippen molar-refractivity contribution >= 4 is 35.1 Å². The number of hydrogen-bond donors (Lipinski definition) is 3. The maximum atomic E-state index is 13.6. The highest BCUT2D eigenvalue weighted by molar-refractivity contribution is 6.34. The third-order valence-electron chi connectivity index (χ3n) is 6.00. The number of halogens is 2. The van der Waals surface area contributed by atoms with Crippen molar-refractivity contribution in [1.29, 1.82) is 0 Å². The largest absolute Gasteiger partial charge is 0.378 e. The zero-order chi connectivity index (χ0) is 22.5. The Morgan fingerprint density at radius 2 is 2.09 bits per heavy atom. The van der Waals surface area contributed by atoms with Gasteiger partial charge in [0.15, 0.2) is 11.6 Å². The second kappa shape index (κ2) is 8.09. The molecule has 4 aliphatic rings. The van der Waals surface area contributed by atoms with E-state index >= 15 is 0 Å². The van der Waals surface area contributed by atoms with Gasteiger partial charge >= 0.3 is 0 Å². The molecule has 5 heterocycles. The summed E-state index contributed by atoms with van der Waals surface area (Å²) in [7, 11) is 0. The Labute approximate surface area is 189 Å². The molecule has 170 valence electrons. The minimum Gasteiger partial charge on any atom is -0.378 e. The number of pyridine rings is 1. The zero-order valence-corrected chi connectivity index (χ0v) is 18.3. The number of carbonyl (C=O) groups excluding carboxylic acids is 1. The van der Waals surface area contributed by atoms with Gasteiger partial charge in [0.1, 0.15) is 5.66 Å². The van der Waals surface area contributed by atoms with Crippen molar-refractivity contribution in [2.75, 3.05) is 49.6 Å². The van der Waals surface area contributed by atoms with Gasteiger partial charge in [0.25, 0.3) is 5.91 Å². The van der Waals surface area contributed by atoms with Gasteiger partial charge in [-0.3, -0.25) is 19.7 Å². The first-order valence-electron chi connectivity index (χ1n) is 10.4. The van der Waals surface area contributed by atoms with Crippen LogP contribution in [0.4, 0.5) is 15.8 Å². The Morgan fingerprint density at radius 1 is 1.34 bits per heavy atom. The van der Waals surface area contributed by atoms with Crippen molar-refractivity contribution in [3.63, 3.8) is 0 Å². The van der Waals surface area contributed by atoms with Gasteiger partial charge in [0, 0.05) is 32.4 Å². The van der Waals surface area contributed by atoms with Gasteiger partial charge in [0.05, 0.1) is 59.8 Å². The lowest BCUT2D eigenvalue weighted by Gasteiger charge is -2.43. The van der Waals surface area contributed by atoms with Crippen molar-refractivity contribution in [1.82, 2.24) is 20.3 Å². The monoisotopic (exact) mass is 462 g/mol. The van der Waals surface area contributed by atoms with Crippen molar-refractivity contribution in [2.24, 2.45) is 10.7 Å². The number of allylic oxidation sites excluding steroid dienone is 1. The highest BCUT2D eigenvalue weighted by Gasteiger charge is 2.43. The van der Waals surface area contributed by atoms with Crippen molar-refractivity contribution in [3.8, 4) is 0 Å². The molecule has 2 fully saturated rings. The molecule has 4 N–H and O–H groups in total. The number of piperazine rings is 1. The fraction of sp³-hybridized carbons (Fsp3) is 0.450. The molecule has 1 unspecified atom stereocenters. The SMILES string of the molecule is CC1(N)NN2C=C(F)C=NC2=C1C(=O)Nc1cncc(Cl)c1N1CCN(C2COC2)CC1. The number of nitrogens with one attached hydrogen (secondary N) is 2. The van der Waals surface area contributed by atoms with Crippen LogP contribution in [-0.4, -0.2) is 78.1 Å². The summed E-state index contributed by atoms with van der Waals surface area (Å²) in [6.07, 6.45) is 5.35. The number of hydrazine groups is 1. The van der Waals surface area contributed by atoms with Gasteiger partial charge in [-0.05, 0) is 6.92 Å². The van der Waals surface area contributed by atoms with Gasteiger partial charge in [-0.15, -0.1) is 0 Å². The molecule has 5 rings (SSSR count). The summed E-state index contributed by atoms with van der Waals surface area (Å²) < 4.78 is 18.9. The van der Waals surface area contributed by atoms with Crippen LogP contribution in [0.5, 0.6) is 0 Å². The molecule has 10 nitrogen and oxygen atoms in total. The number of nitrogens with zero attached hydrogens (tertiary/aromatic N) is 5. The van der Waals surface area contributed by atoms with E-state index in [1.165, 1.54) is 11.2 Å². The molecule has 1 atom stereocenters. The third kappa shape index (κ3) is 3.76. The average molecular weight is 463 g/mol. The van der Waals surface area contributed by atoms with Gasteiger partial charge in [0.2, 0.25) is 0 Å². The van der Waals surface area contributed by atoms with E-state index in [9.17, 15) is 9.18 Å². The summed E-state index contributed by atoms with van der Waals surface area (Å²) in [6, 6.07) is 0.479. The Kier molecular flexibility index (Phi) is 5.38. The molecule has 0 radical (unpaired) electrons. The molecule has 1 aromatic rings. The second-order valence-electron chi connectivity index (χ2n) is 8.34. The van der Waals surface area contributed by atoms with Crippen LogP contribution < -0.4 is 21.4 Å². The van der Waals surface area contributed by atoms with Gasteiger partial charge in [-0.2, -0.15) is 0 Å². The topological polar surface area (TPSA) is 111 Å². The number of anilines is 2. The van der Waals surface area contributed by atoms with E-state index in [-0.39, 0.29) is 11.4 Å². The maximum Gasteiger partial charge on any atom is 0.258 e. The number of carbonyl (C=O) groups is 1. The molecule has 1 amide bonds. The number of amides is 1. The summed E-state index contributed by atoms with van der Waals surface area (Å²) in [5.41, 5.74) is 9.28. The summed E-state index contributed by atoms with van der Waals surface area (Å²) in [5, 5.41) is 4.65. The van der Waals surface area contributed by atoms with Crippen LogP contribution >= 0.6 is 11.6 Å². The Hall–Kier alpha value is -2.57. The molecule has 12 heteroatoms. The molecule has 0 bridgehead atoms. The second-order valence-corrected chi connectivity index (χ2v) is 8.75. The summed E-state index contributed by atoms with van der Waals surface area (Å²) >= 11 is 6.51. The average Bonchev–Trinajstić information content (AvgIpc) is 2.96. The quantitative estimate of drug-likeness (QED) is 0.602. The predicted octanol–water partition coefficient (Wildman–Crippen LogP) is 0.796. The molecule has 0 aromatic carbocycles. The van der Waals surface area contributed by atoms with Crippen molar-refractivity contribution in [2.45, 2.75) is 18.6 Å². The van der Waals surface area contributed by atoms with E-state index in [2.05, 4.69) is 30.5 Å². The van der Waals surface area contributed by atoms with E-state index in [0.29, 0.717) is 22.4 Å². The Bertz CT molecular complexity index is 1030. The van der Waals surface area contributed by atoms with Crippen LogP contribution in [0.1, 0.15) is 6.92 Å². The highest BCUT2D eigenvalue weighted by atomic mass is 35.5. The van der Waals surface area contributed by atoms with Crippen LogP contribution in [0.2, 0.25) is 5.02 Å². The van der Waals surface area contributed by atoms with Crippen LogP contribution in [0, 0.1) is 0 Å². The lowest BCUT2D eigenvalue weighted by Crippen LogP contribution is -2.56. The number of ether oxygens (including phenoxy) is 1. The van der Waals surface area contributed by atoms with Crippen molar-refractivity contribution in [3.05, 3.63) is 40.8 Å². The maximum absolute atomic E-state index is 13.6. The number of fused-ring (bicyclic) bond motifs is 1. The molecule has 1 aromatic heterocycles. The molecule has 0 saturated carbocycles. The first-order valence-corrected chi connectivity index (χ1v) is 10.7. The summed E-state index contributed by atoms with van der Waals surface area (Å²) in [4.78, 5) is 26.0. The molecule has 32 heavy (non-hydrogen) atoms. The predicted molar refractivity (Wildman–Crippen MR) is 119 cm³/mol. The first-order chi connectivity index (χ1) is 15.3. The fourth-order valence-corrected chi connectivity index (χ4v) is 4.60. The molecular formula is C20H24ClFN8O2. The smallest absolute Gasteiger partial charge is 0.258 e. The first kappa shape index (κ1) is 21.3. The standard InChI is InChI=1S/C20H24ClFN8O2/c1-20(23)16(18-25-6-12(22)9-30(18)27-20)19(31)26-15-8-24-7-14(21)17(15)29-4-2-28(3-5-29)13-10-32-11-13/h6-9,13,27H,2-5,10-11,23H2,1H3,(H,26,31). The van der Waals surface area contributed by atoms with E-state index in [0.717, 1.165) is 45.6 Å². The van der Waals surface area contributed by atoms with Gasteiger partial charge in [-0.1, -0.05) is 11.6 Å². The van der Waals surface area contributed by atoms with E-state index in [1.54, 1.807) is 19.3 Å². The Balaban J connectivity index is 1.38. The number of rotatable bonds is 4. The number of aromatic nitrogens is 1. The van der Waals surface area contributed by atoms with Crippen LogP contribution in [0.25, 0.3) is 0 Å². The highest BCUT2D eigenvalue weighted by Crippen LogP contribution is 2.36.